The van der Waals surface area contributed by atoms with Gasteiger partial charge in [0.05, 0.1) is 6.61 Å². The molecular weight excluding hydrogens is 162 g/mol. The number of nitrogens with zero attached hydrogens (tertiary/aromatic N) is 1. The molecule has 0 saturated heterocycles. The van der Waals surface area contributed by atoms with Crippen molar-refractivity contribution in [3.63, 3.8) is 0 Å². The molecule has 0 aromatic carbocycles. The molecule has 12 heavy (non-hydrogen) atoms. The largest absolute Gasteiger partial charge is 0.460 e. The molecule has 66 valence electrons. The van der Waals surface area contributed by atoms with E-state index >= 15 is 0 Å². The van der Waals surface area contributed by atoms with Crippen LogP contribution in [0.3, 0.4) is 0 Å². The van der Waals surface area contributed by atoms with Crippen LogP contribution in [0, 0.1) is 0 Å². The van der Waals surface area contributed by atoms with Crippen LogP contribution in [0.15, 0.2) is 17.3 Å². The first-order valence-electron chi connectivity index (χ1n) is 3.20. The summed E-state index contributed by atoms with van der Waals surface area (Å²) in [5.41, 5.74) is 0. The highest BCUT2D eigenvalue weighted by atomic mass is 16.6. The summed E-state index contributed by atoms with van der Waals surface area (Å²) in [6, 6.07) is 0. The fourth-order valence-corrected chi connectivity index (χ4v) is 0.402. The van der Waals surface area contributed by atoms with Gasteiger partial charge in [-0.3, -0.25) is 0 Å². The molecule has 0 spiro atoms. The molecule has 0 bridgehead atoms. The number of methoxy groups -OCH3 is 1. The molecule has 0 aromatic rings. The van der Waals surface area contributed by atoms with Gasteiger partial charge >= 0.3 is 5.97 Å². The number of aliphatic imine (C=N–C) groups is 1. The SMILES string of the molecule is COCCOC(=O)/C=C/N=C=O. The van der Waals surface area contributed by atoms with Crippen LogP contribution < -0.4 is 0 Å². The zero-order valence-corrected chi connectivity index (χ0v) is 6.65. The van der Waals surface area contributed by atoms with Crippen molar-refractivity contribution in [1.29, 1.82) is 0 Å². The smallest absolute Gasteiger partial charge is 0.332 e. The third-order valence-corrected chi connectivity index (χ3v) is 0.870. The van der Waals surface area contributed by atoms with Crippen molar-refractivity contribution < 1.29 is 19.1 Å². The van der Waals surface area contributed by atoms with E-state index in [0.717, 1.165) is 12.3 Å². The summed E-state index contributed by atoms with van der Waals surface area (Å²) >= 11 is 0. The van der Waals surface area contributed by atoms with Gasteiger partial charge in [-0.25, -0.2) is 9.59 Å². The van der Waals surface area contributed by atoms with E-state index in [9.17, 15) is 9.59 Å². The molecule has 0 radical (unpaired) electrons. The van der Waals surface area contributed by atoms with Crippen LogP contribution in [0.1, 0.15) is 0 Å². The second-order valence-corrected chi connectivity index (χ2v) is 1.70. The van der Waals surface area contributed by atoms with Gasteiger partial charge in [0.25, 0.3) is 0 Å². The third-order valence-electron chi connectivity index (χ3n) is 0.870. The maximum atomic E-state index is 10.6. The molecule has 5 heteroatoms. The van der Waals surface area contributed by atoms with E-state index < -0.39 is 5.97 Å². The van der Waals surface area contributed by atoms with Gasteiger partial charge in [0.2, 0.25) is 6.08 Å². The van der Waals surface area contributed by atoms with Gasteiger partial charge in [-0.1, -0.05) is 0 Å². The first-order valence-corrected chi connectivity index (χ1v) is 3.20. The number of carbonyl (C=O) groups excluding carboxylic acids is 2. The normalized spacial score (nSPS) is 9.42. The standard InChI is InChI=1S/C7H9NO4/c1-11-4-5-12-7(10)2-3-8-6-9/h2-3H,4-5H2,1H3/b3-2+. The minimum Gasteiger partial charge on any atom is -0.460 e. The molecule has 0 aliphatic heterocycles. The van der Waals surface area contributed by atoms with Crippen LogP contribution in [0.25, 0.3) is 0 Å². The topological polar surface area (TPSA) is 65.0 Å². The number of rotatable bonds is 5. The van der Waals surface area contributed by atoms with Crippen molar-refractivity contribution >= 4 is 12.0 Å². The minimum absolute atomic E-state index is 0.185. The van der Waals surface area contributed by atoms with E-state index in [0.29, 0.717) is 6.61 Å². The van der Waals surface area contributed by atoms with Gasteiger partial charge in [0.1, 0.15) is 6.61 Å². The van der Waals surface area contributed by atoms with Crippen molar-refractivity contribution in [2.75, 3.05) is 20.3 Å². The summed E-state index contributed by atoms with van der Waals surface area (Å²) in [5.74, 6) is -0.564. The van der Waals surface area contributed by atoms with E-state index in [-0.39, 0.29) is 6.61 Å². The quantitative estimate of drug-likeness (QED) is 0.192. The molecule has 0 N–H and O–H groups in total. The van der Waals surface area contributed by atoms with Gasteiger partial charge in [0.15, 0.2) is 0 Å². The van der Waals surface area contributed by atoms with Crippen LogP contribution in [0.2, 0.25) is 0 Å². The lowest BCUT2D eigenvalue weighted by molar-refractivity contribution is -0.138. The van der Waals surface area contributed by atoms with E-state index in [1.54, 1.807) is 0 Å². The molecule has 0 rings (SSSR count). The van der Waals surface area contributed by atoms with Crippen molar-refractivity contribution in [3.05, 3.63) is 12.3 Å². The summed E-state index contributed by atoms with van der Waals surface area (Å²) in [6.07, 6.45) is 3.29. The van der Waals surface area contributed by atoms with Gasteiger partial charge in [-0.05, 0) is 0 Å². The van der Waals surface area contributed by atoms with Crippen LogP contribution in [-0.4, -0.2) is 32.4 Å². The molecule has 0 atom stereocenters. The van der Waals surface area contributed by atoms with Gasteiger partial charge < -0.3 is 9.47 Å². The third kappa shape index (κ3) is 6.67. The zero-order valence-electron chi connectivity index (χ0n) is 6.65. The number of esters is 1. The summed E-state index contributed by atoms with van der Waals surface area (Å²) in [5, 5.41) is 0. The molecule has 0 amide bonds. The molecule has 0 unspecified atom stereocenters. The highest BCUT2D eigenvalue weighted by Crippen LogP contribution is 1.82. The molecule has 0 saturated carbocycles. The van der Waals surface area contributed by atoms with Gasteiger partial charge in [-0.15, -0.1) is 0 Å². The lowest BCUT2D eigenvalue weighted by atomic mass is 10.6. The second kappa shape index (κ2) is 7.65. The highest BCUT2D eigenvalue weighted by molar-refractivity contribution is 5.81. The lowest BCUT2D eigenvalue weighted by Crippen LogP contribution is -2.06. The number of isocyanates is 1. The Bertz CT molecular complexity index is 205. The predicted molar refractivity (Wildman–Crippen MR) is 40.1 cm³/mol. The Hall–Kier alpha value is -1.45. The number of hydrogen-bond donors (Lipinski definition) is 0. The zero-order chi connectivity index (χ0) is 9.23. The number of ether oxygens (including phenoxy) is 2. The van der Waals surface area contributed by atoms with Crippen molar-refractivity contribution in [3.8, 4) is 0 Å². The molecule has 0 fully saturated rings. The lowest BCUT2D eigenvalue weighted by Gasteiger charge is -1.98. The monoisotopic (exact) mass is 171 g/mol. The van der Waals surface area contributed by atoms with E-state index in [1.165, 1.54) is 13.2 Å². The summed E-state index contributed by atoms with van der Waals surface area (Å²) in [4.78, 5) is 23.2. The Morgan fingerprint density at radius 2 is 2.33 bits per heavy atom. The Morgan fingerprint density at radius 1 is 1.58 bits per heavy atom. The van der Waals surface area contributed by atoms with Crippen molar-refractivity contribution in [2.24, 2.45) is 4.99 Å². The van der Waals surface area contributed by atoms with Crippen molar-refractivity contribution in [1.82, 2.24) is 0 Å². The van der Waals surface area contributed by atoms with Crippen LogP contribution in [0.4, 0.5) is 0 Å². The van der Waals surface area contributed by atoms with Crippen LogP contribution in [0.5, 0.6) is 0 Å². The fraction of sp³-hybridized carbons (Fsp3) is 0.429. The second-order valence-electron chi connectivity index (χ2n) is 1.70. The van der Waals surface area contributed by atoms with E-state index in [2.05, 4.69) is 14.5 Å². The van der Waals surface area contributed by atoms with Crippen LogP contribution in [-0.2, 0) is 19.1 Å². The number of hydrogen-bond acceptors (Lipinski definition) is 5. The molecule has 0 heterocycles. The minimum atomic E-state index is -0.564. The average Bonchev–Trinajstić information content (AvgIpc) is 2.06. The Labute approximate surface area is 69.7 Å². The first kappa shape index (κ1) is 10.6. The first-order chi connectivity index (χ1) is 5.81. The van der Waals surface area contributed by atoms with Crippen LogP contribution >= 0.6 is 0 Å². The van der Waals surface area contributed by atoms with Gasteiger partial charge in [-0.2, -0.15) is 4.99 Å². The van der Waals surface area contributed by atoms with Crippen molar-refractivity contribution in [2.45, 2.75) is 0 Å². The molecular formula is C7H9NO4. The van der Waals surface area contributed by atoms with E-state index in [4.69, 9.17) is 0 Å². The molecule has 0 aliphatic carbocycles. The summed E-state index contributed by atoms with van der Waals surface area (Å²) < 4.78 is 9.22. The van der Waals surface area contributed by atoms with E-state index in [1.807, 2.05) is 0 Å². The Morgan fingerprint density at radius 3 is 2.92 bits per heavy atom. The van der Waals surface area contributed by atoms with Gasteiger partial charge in [0, 0.05) is 19.4 Å². The maximum absolute atomic E-state index is 10.6. The summed E-state index contributed by atoms with van der Waals surface area (Å²) in [7, 11) is 1.50. The predicted octanol–water partition coefficient (Wildman–Crippen LogP) is 0.0255. The molecule has 0 aromatic heterocycles. The number of carbonyl (C=O) groups is 1. The Kier molecular flexibility index (Phi) is 6.73. The fourth-order valence-electron chi connectivity index (χ4n) is 0.402. The highest BCUT2D eigenvalue weighted by Gasteiger charge is 1.93. The average molecular weight is 171 g/mol. The molecule has 0 aliphatic rings. The summed E-state index contributed by atoms with van der Waals surface area (Å²) in [6.45, 7) is 0.529. The Balaban J connectivity index is 3.52. The maximum Gasteiger partial charge on any atom is 0.332 e. The molecule has 5 nitrogen and oxygen atoms in total.